The molecule has 6 nitrogen and oxygen atoms in total. The summed E-state index contributed by atoms with van der Waals surface area (Å²) >= 11 is 0. The highest BCUT2D eigenvalue weighted by molar-refractivity contribution is 5.93. The van der Waals surface area contributed by atoms with Gasteiger partial charge >= 0.3 is 5.69 Å². The Morgan fingerprint density at radius 3 is 2.43 bits per heavy atom. The predicted octanol–water partition coefficient (Wildman–Crippen LogP) is 2.64. The highest BCUT2D eigenvalue weighted by Gasteiger charge is 2.16. The van der Waals surface area contributed by atoms with E-state index in [4.69, 9.17) is 4.74 Å². The third kappa shape index (κ3) is 3.56. The number of nitrogens with zero attached hydrogens (tertiary/aromatic N) is 2. The number of rotatable bonds is 5. The summed E-state index contributed by atoms with van der Waals surface area (Å²) in [5.74, 6) is -0.211. The quantitative estimate of drug-likeness (QED) is 0.625. The van der Waals surface area contributed by atoms with Crippen molar-refractivity contribution in [3.63, 3.8) is 0 Å². The summed E-state index contributed by atoms with van der Waals surface area (Å²) in [7, 11) is 1.63. The van der Waals surface area contributed by atoms with E-state index in [1.807, 2.05) is 18.2 Å². The SMILES string of the molecule is CN(C(=O)COc1ccccc1[N+](=O)[O-])c1ccccc1. The van der Waals surface area contributed by atoms with Crippen molar-refractivity contribution in [2.75, 3.05) is 18.6 Å². The molecular weight excluding hydrogens is 272 g/mol. The van der Waals surface area contributed by atoms with Crippen LogP contribution < -0.4 is 9.64 Å². The molecule has 2 aromatic rings. The summed E-state index contributed by atoms with van der Waals surface area (Å²) in [6.45, 7) is -0.268. The molecule has 6 heteroatoms. The summed E-state index contributed by atoms with van der Waals surface area (Å²) in [5, 5.41) is 10.9. The standard InChI is InChI=1S/C15H14N2O4/c1-16(12-7-3-2-4-8-12)15(18)11-21-14-10-6-5-9-13(14)17(19)20/h2-10H,11H2,1H3. The number of para-hydroxylation sites is 3. The molecule has 0 atom stereocenters. The van der Waals surface area contributed by atoms with Crippen LogP contribution in [0.2, 0.25) is 0 Å². The Balaban J connectivity index is 2.03. The molecule has 0 bridgehead atoms. The smallest absolute Gasteiger partial charge is 0.310 e. The van der Waals surface area contributed by atoms with Crippen LogP contribution in [0.25, 0.3) is 0 Å². The Morgan fingerprint density at radius 2 is 1.76 bits per heavy atom. The zero-order chi connectivity index (χ0) is 15.2. The van der Waals surface area contributed by atoms with Gasteiger partial charge in [-0.2, -0.15) is 0 Å². The number of hydrogen-bond donors (Lipinski definition) is 0. The molecule has 0 aliphatic rings. The number of nitro groups is 1. The van der Waals surface area contributed by atoms with Crippen LogP contribution >= 0.6 is 0 Å². The zero-order valence-electron chi connectivity index (χ0n) is 11.4. The number of nitro benzene ring substituents is 1. The highest BCUT2D eigenvalue weighted by atomic mass is 16.6. The van der Waals surface area contributed by atoms with E-state index in [9.17, 15) is 14.9 Å². The number of ether oxygens (including phenoxy) is 1. The van der Waals surface area contributed by atoms with Crippen LogP contribution in [0.5, 0.6) is 5.75 Å². The molecule has 2 aromatic carbocycles. The van der Waals surface area contributed by atoms with Gasteiger partial charge in [-0.15, -0.1) is 0 Å². The summed E-state index contributed by atoms with van der Waals surface area (Å²) in [6.07, 6.45) is 0. The van der Waals surface area contributed by atoms with Crippen LogP contribution in [-0.4, -0.2) is 24.5 Å². The van der Waals surface area contributed by atoms with E-state index in [1.54, 1.807) is 31.3 Å². The van der Waals surface area contributed by atoms with Gasteiger partial charge in [-0.05, 0) is 18.2 Å². The fourth-order valence-corrected chi connectivity index (χ4v) is 1.76. The summed E-state index contributed by atoms with van der Waals surface area (Å²) in [4.78, 5) is 23.8. The number of hydrogen-bond acceptors (Lipinski definition) is 4. The fourth-order valence-electron chi connectivity index (χ4n) is 1.76. The van der Waals surface area contributed by atoms with Crippen molar-refractivity contribution < 1.29 is 14.5 Å². The first-order valence-electron chi connectivity index (χ1n) is 6.27. The second-order valence-electron chi connectivity index (χ2n) is 4.30. The third-order valence-electron chi connectivity index (χ3n) is 2.93. The lowest BCUT2D eigenvalue weighted by Gasteiger charge is -2.17. The van der Waals surface area contributed by atoms with E-state index in [0.29, 0.717) is 0 Å². The van der Waals surface area contributed by atoms with E-state index < -0.39 is 4.92 Å². The fraction of sp³-hybridized carbons (Fsp3) is 0.133. The van der Waals surface area contributed by atoms with Gasteiger partial charge in [0.15, 0.2) is 12.4 Å². The maximum Gasteiger partial charge on any atom is 0.310 e. The molecule has 2 rings (SSSR count). The van der Waals surface area contributed by atoms with E-state index in [-0.39, 0.29) is 24.0 Å². The number of anilines is 1. The zero-order valence-corrected chi connectivity index (χ0v) is 11.4. The van der Waals surface area contributed by atoms with Gasteiger partial charge in [0.25, 0.3) is 5.91 Å². The number of carbonyl (C=O) groups excluding carboxylic acids is 1. The normalized spacial score (nSPS) is 9.95. The molecule has 0 radical (unpaired) electrons. The number of carbonyl (C=O) groups is 1. The summed E-state index contributed by atoms with van der Waals surface area (Å²) < 4.78 is 5.27. The van der Waals surface area contributed by atoms with Crippen molar-refractivity contribution in [3.8, 4) is 5.75 Å². The first-order valence-corrected chi connectivity index (χ1v) is 6.27. The highest BCUT2D eigenvalue weighted by Crippen LogP contribution is 2.25. The lowest BCUT2D eigenvalue weighted by atomic mass is 10.3. The lowest BCUT2D eigenvalue weighted by Crippen LogP contribution is -2.31. The van der Waals surface area contributed by atoms with Crippen molar-refractivity contribution in [1.82, 2.24) is 0 Å². The van der Waals surface area contributed by atoms with Gasteiger partial charge in [-0.25, -0.2) is 0 Å². The Hall–Kier alpha value is -2.89. The van der Waals surface area contributed by atoms with Crippen molar-refractivity contribution in [1.29, 1.82) is 0 Å². The van der Waals surface area contributed by atoms with Gasteiger partial charge < -0.3 is 9.64 Å². The molecule has 0 aliphatic carbocycles. The average molecular weight is 286 g/mol. The van der Waals surface area contributed by atoms with Gasteiger partial charge in [0.1, 0.15) is 0 Å². The monoisotopic (exact) mass is 286 g/mol. The number of likely N-dealkylation sites (N-methyl/N-ethyl adjacent to an activating group) is 1. The van der Waals surface area contributed by atoms with E-state index in [1.165, 1.54) is 17.0 Å². The van der Waals surface area contributed by atoms with Gasteiger partial charge in [0.05, 0.1) is 4.92 Å². The predicted molar refractivity (Wildman–Crippen MR) is 78.4 cm³/mol. The minimum atomic E-state index is -0.541. The molecule has 0 saturated heterocycles. The first-order chi connectivity index (χ1) is 10.1. The van der Waals surface area contributed by atoms with Crippen LogP contribution in [0.4, 0.5) is 11.4 Å². The molecule has 0 aromatic heterocycles. The molecule has 21 heavy (non-hydrogen) atoms. The molecule has 0 saturated carbocycles. The van der Waals surface area contributed by atoms with Crippen molar-refractivity contribution in [2.24, 2.45) is 0 Å². The van der Waals surface area contributed by atoms with E-state index in [2.05, 4.69) is 0 Å². The Kier molecular flexibility index (Phi) is 4.50. The number of amides is 1. The second kappa shape index (κ2) is 6.51. The molecule has 0 N–H and O–H groups in total. The van der Waals surface area contributed by atoms with Gasteiger partial charge in [-0.3, -0.25) is 14.9 Å². The maximum atomic E-state index is 12.0. The second-order valence-corrected chi connectivity index (χ2v) is 4.30. The Bertz CT molecular complexity index is 643. The van der Waals surface area contributed by atoms with Crippen molar-refractivity contribution >= 4 is 17.3 Å². The molecule has 1 amide bonds. The lowest BCUT2D eigenvalue weighted by molar-refractivity contribution is -0.385. The topological polar surface area (TPSA) is 72.7 Å². The molecule has 0 heterocycles. The van der Waals surface area contributed by atoms with Crippen molar-refractivity contribution in [2.45, 2.75) is 0 Å². The first kappa shape index (κ1) is 14.5. The van der Waals surface area contributed by atoms with E-state index >= 15 is 0 Å². The molecule has 108 valence electrons. The van der Waals surface area contributed by atoms with Crippen LogP contribution in [0.1, 0.15) is 0 Å². The molecule has 0 unspecified atom stereocenters. The maximum absolute atomic E-state index is 12.0. The van der Waals surface area contributed by atoms with Gasteiger partial charge in [-0.1, -0.05) is 30.3 Å². The van der Waals surface area contributed by atoms with Crippen molar-refractivity contribution in [3.05, 3.63) is 64.7 Å². The minimum absolute atomic E-state index is 0.0808. The summed E-state index contributed by atoms with van der Waals surface area (Å²) in [6, 6.07) is 15.0. The minimum Gasteiger partial charge on any atom is -0.477 e. The van der Waals surface area contributed by atoms with Crippen LogP contribution in [0.3, 0.4) is 0 Å². The largest absolute Gasteiger partial charge is 0.477 e. The summed E-state index contributed by atoms with van der Waals surface area (Å²) in [5.41, 5.74) is 0.571. The molecule has 0 fully saturated rings. The van der Waals surface area contributed by atoms with Crippen LogP contribution in [0.15, 0.2) is 54.6 Å². The molecule has 0 spiro atoms. The number of benzene rings is 2. The van der Waals surface area contributed by atoms with E-state index in [0.717, 1.165) is 5.69 Å². The molecule has 0 aliphatic heterocycles. The van der Waals surface area contributed by atoms with Gasteiger partial charge in [0, 0.05) is 18.8 Å². The van der Waals surface area contributed by atoms with Gasteiger partial charge in [0.2, 0.25) is 0 Å². The Labute approximate surface area is 121 Å². The third-order valence-corrected chi connectivity index (χ3v) is 2.93. The molecular formula is C15H14N2O4. The van der Waals surface area contributed by atoms with Crippen LogP contribution in [-0.2, 0) is 4.79 Å². The average Bonchev–Trinajstić information content (AvgIpc) is 2.52. The van der Waals surface area contributed by atoms with Crippen LogP contribution in [0, 0.1) is 10.1 Å². The Morgan fingerprint density at radius 1 is 1.14 bits per heavy atom.